The molecule has 4 heteroatoms. The second-order valence-corrected chi connectivity index (χ2v) is 5.74. The minimum Gasteiger partial charge on any atom is -0.349 e. The first-order valence-electron chi connectivity index (χ1n) is 5.71. The lowest BCUT2D eigenvalue weighted by molar-refractivity contribution is 0.0944. The highest BCUT2D eigenvalue weighted by Gasteiger charge is 2.09. The summed E-state index contributed by atoms with van der Waals surface area (Å²) in [5.41, 5.74) is 1.90. The number of rotatable bonds is 6. The summed E-state index contributed by atoms with van der Waals surface area (Å²) < 4.78 is 0. The van der Waals surface area contributed by atoms with Gasteiger partial charge in [-0.1, -0.05) is 35.0 Å². The predicted molar refractivity (Wildman–Crippen MR) is 79.0 cm³/mol. The fourth-order valence-corrected chi connectivity index (χ4v) is 2.44. The Bertz CT molecular complexity index is 353. The summed E-state index contributed by atoms with van der Waals surface area (Å²) in [5, 5.41) is 3.81. The molecular formula is C13H18BrNOS. The zero-order valence-corrected chi connectivity index (χ0v) is 12.6. The van der Waals surface area contributed by atoms with E-state index in [0.717, 1.165) is 22.4 Å². The van der Waals surface area contributed by atoms with Gasteiger partial charge in [0, 0.05) is 22.7 Å². The van der Waals surface area contributed by atoms with Crippen molar-refractivity contribution in [3.63, 3.8) is 0 Å². The van der Waals surface area contributed by atoms with Crippen molar-refractivity contribution in [1.82, 2.24) is 5.32 Å². The van der Waals surface area contributed by atoms with E-state index in [9.17, 15) is 4.79 Å². The first-order chi connectivity index (χ1) is 8.17. The van der Waals surface area contributed by atoms with Crippen molar-refractivity contribution in [1.29, 1.82) is 0 Å². The number of amides is 1. The molecular weight excluding hydrogens is 298 g/mol. The molecule has 0 aliphatic heterocycles. The summed E-state index contributed by atoms with van der Waals surface area (Å²) in [6.07, 6.45) is 0. The topological polar surface area (TPSA) is 29.1 Å². The Morgan fingerprint density at radius 3 is 2.59 bits per heavy atom. The van der Waals surface area contributed by atoms with Gasteiger partial charge in [-0.3, -0.25) is 4.79 Å². The van der Waals surface area contributed by atoms with E-state index in [0.29, 0.717) is 0 Å². The lowest BCUT2D eigenvalue weighted by Crippen LogP contribution is -2.34. The highest BCUT2D eigenvalue weighted by molar-refractivity contribution is 9.08. The molecule has 17 heavy (non-hydrogen) atoms. The van der Waals surface area contributed by atoms with Gasteiger partial charge in [-0.25, -0.2) is 0 Å². The van der Waals surface area contributed by atoms with E-state index in [4.69, 9.17) is 0 Å². The van der Waals surface area contributed by atoms with E-state index >= 15 is 0 Å². The van der Waals surface area contributed by atoms with Gasteiger partial charge in [-0.2, -0.15) is 11.8 Å². The molecule has 1 amide bonds. The molecule has 0 heterocycles. The van der Waals surface area contributed by atoms with E-state index in [1.54, 1.807) is 0 Å². The summed E-state index contributed by atoms with van der Waals surface area (Å²) >= 11 is 5.22. The van der Waals surface area contributed by atoms with Crippen molar-refractivity contribution in [2.45, 2.75) is 25.2 Å². The molecule has 94 valence electrons. The van der Waals surface area contributed by atoms with Gasteiger partial charge in [0.1, 0.15) is 0 Å². The summed E-state index contributed by atoms with van der Waals surface area (Å²) in [6.45, 7) is 4.16. The monoisotopic (exact) mass is 315 g/mol. The average molecular weight is 316 g/mol. The summed E-state index contributed by atoms with van der Waals surface area (Å²) in [7, 11) is 0. The molecule has 1 rings (SSSR count). The van der Waals surface area contributed by atoms with E-state index in [-0.39, 0.29) is 11.9 Å². The van der Waals surface area contributed by atoms with Gasteiger partial charge < -0.3 is 5.32 Å². The first kappa shape index (κ1) is 14.6. The molecule has 2 nitrogen and oxygen atoms in total. The van der Waals surface area contributed by atoms with E-state index in [2.05, 4.69) is 28.2 Å². The number of hydrogen-bond acceptors (Lipinski definition) is 2. The largest absolute Gasteiger partial charge is 0.349 e. The van der Waals surface area contributed by atoms with Crippen molar-refractivity contribution < 1.29 is 4.79 Å². The van der Waals surface area contributed by atoms with Gasteiger partial charge in [0.05, 0.1) is 0 Å². The lowest BCUT2D eigenvalue weighted by Gasteiger charge is -2.13. The molecule has 0 saturated carbocycles. The molecule has 1 atom stereocenters. The third kappa shape index (κ3) is 5.13. The summed E-state index contributed by atoms with van der Waals surface area (Å²) in [5.74, 6) is 2.05. The zero-order chi connectivity index (χ0) is 12.7. The van der Waals surface area contributed by atoms with Crippen molar-refractivity contribution >= 4 is 33.6 Å². The Morgan fingerprint density at radius 1 is 1.41 bits per heavy atom. The molecule has 1 aromatic rings. The van der Waals surface area contributed by atoms with Crippen LogP contribution in [0.1, 0.15) is 29.8 Å². The van der Waals surface area contributed by atoms with Crippen molar-refractivity contribution in [2.24, 2.45) is 0 Å². The minimum absolute atomic E-state index is 0.00956. The molecule has 0 saturated heterocycles. The van der Waals surface area contributed by atoms with Gasteiger partial charge in [-0.05, 0) is 30.4 Å². The normalized spacial score (nSPS) is 12.2. The zero-order valence-electron chi connectivity index (χ0n) is 10.2. The van der Waals surface area contributed by atoms with Gasteiger partial charge in [0.15, 0.2) is 0 Å². The van der Waals surface area contributed by atoms with Crippen LogP contribution in [0.3, 0.4) is 0 Å². The number of halogens is 1. The molecule has 0 spiro atoms. The second kappa shape index (κ2) is 7.77. The van der Waals surface area contributed by atoms with Gasteiger partial charge in [0.2, 0.25) is 0 Å². The van der Waals surface area contributed by atoms with Crippen molar-refractivity contribution in [2.75, 3.05) is 11.5 Å². The standard InChI is InChI=1S/C13H18BrNOS/c1-3-17-9-10(2)15-13(16)12-6-4-11(8-14)5-7-12/h4-7,10H,3,8-9H2,1-2H3,(H,15,16). The van der Waals surface area contributed by atoms with Gasteiger partial charge in [-0.15, -0.1) is 0 Å². The average Bonchev–Trinajstić information content (AvgIpc) is 2.36. The van der Waals surface area contributed by atoms with Crippen LogP contribution in [0.2, 0.25) is 0 Å². The van der Waals surface area contributed by atoms with Crippen LogP contribution in [0.5, 0.6) is 0 Å². The van der Waals surface area contributed by atoms with Crippen LogP contribution < -0.4 is 5.32 Å². The lowest BCUT2D eigenvalue weighted by atomic mass is 10.1. The number of carbonyl (C=O) groups excluding carboxylic acids is 1. The number of alkyl halides is 1. The Balaban J connectivity index is 2.51. The SMILES string of the molecule is CCSCC(C)NC(=O)c1ccc(CBr)cc1. The molecule has 0 aromatic heterocycles. The first-order valence-corrected chi connectivity index (χ1v) is 7.98. The fraction of sp³-hybridized carbons (Fsp3) is 0.462. The Hall–Kier alpha value is -0.480. The number of carbonyl (C=O) groups is 1. The molecule has 1 N–H and O–H groups in total. The Kier molecular flexibility index (Phi) is 6.66. The number of benzene rings is 1. The smallest absolute Gasteiger partial charge is 0.251 e. The molecule has 1 aromatic carbocycles. The number of nitrogens with one attached hydrogen (secondary N) is 1. The molecule has 0 fully saturated rings. The highest BCUT2D eigenvalue weighted by Crippen LogP contribution is 2.08. The molecule has 1 unspecified atom stereocenters. The van der Waals surface area contributed by atoms with Crippen LogP contribution in [-0.4, -0.2) is 23.5 Å². The van der Waals surface area contributed by atoms with Gasteiger partial charge >= 0.3 is 0 Å². The van der Waals surface area contributed by atoms with E-state index in [1.807, 2.05) is 43.0 Å². The third-order valence-electron chi connectivity index (χ3n) is 2.32. The van der Waals surface area contributed by atoms with Crippen LogP contribution in [0.25, 0.3) is 0 Å². The van der Waals surface area contributed by atoms with Crippen LogP contribution in [0.4, 0.5) is 0 Å². The molecule has 0 aliphatic rings. The van der Waals surface area contributed by atoms with Crippen molar-refractivity contribution in [3.8, 4) is 0 Å². The van der Waals surface area contributed by atoms with E-state index < -0.39 is 0 Å². The maximum Gasteiger partial charge on any atom is 0.251 e. The predicted octanol–water partition coefficient (Wildman–Crippen LogP) is 3.45. The van der Waals surface area contributed by atoms with Crippen LogP contribution in [0, 0.1) is 0 Å². The minimum atomic E-state index is 0.00956. The second-order valence-electron chi connectivity index (χ2n) is 3.86. The Morgan fingerprint density at radius 2 is 2.06 bits per heavy atom. The number of hydrogen-bond donors (Lipinski definition) is 1. The fourth-order valence-electron chi connectivity index (χ4n) is 1.39. The van der Waals surface area contributed by atoms with Gasteiger partial charge in [0.25, 0.3) is 5.91 Å². The summed E-state index contributed by atoms with van der Waals surface area (Å²) in [6, 6.07) is 7.88. The van der Waals surface area contributed by atoms with Crippen LogP contribution in [-0.2, 0) is 5.33 Å². The maximum absolute atomic E-state index is 11.9. The van der Waals surface area contributed by atoms with E-state index in [1.165, 1.54) is 5.56 Å². The molecule has 0 bridgehead atoms. The van der Waals surface area contributed by atoms with Crippen LogP contribution >= 0.6 is 27.7 Å². The highest BCUT2D eigenvalue weighted by atomic mass is 79.9. The van der Waals surface area contributed by atoms with Crippen molar-refractivity contribution in [3.05, 3.63) is 35.4 Å². The quantitative estimate of drug-likeness (QED) is 0.815. The molecule has 0 aliphatic carbocycles. The summed E-state index contributed by atoms with van der Waals surface area (Å²) in [4.78, 5) is 11.9. The maximum atomic E-state index is 11.9. The molecule has 0 radical (unpaired) electrons. The Labute approximate surface area is 116 Å². The van der Waals surface area contributed by atoms with Crippen LogP contribution in [0.15, 0.2) is 24.3 Å². The third-order valence-corrected chi connectivity index (χ3v) is 4.11. The number of thioether (sulfide) groups is 1.